The average Bonchev–Trinajstić information content (AvgIpc) is 0.705. The Kier molecular flexibility index (Phi) is 17.0. The zero-order valence-corrected chi connectivity index (χ0v) is 67.3. The molecule has 24 rings (SSSR count). The van der Waals surface area contributed by atoms with Gasteiger partial charge in [-0.25, -0.2) is 0 Å². The minimum atomic E-state index is 1.06. The lowest BCUT2D eigenvalue weighted by atomic mass is 9.84. The Bertz CT molecular complexity index is 8300. The van der Waals surface area contributed by atoms with Gasteiger partial charge in [-0.05, 0) is 324 Å². The lowest BCUT2D eigenvalue weighted by Crippen LogP contribution is -2.10. The molecule has 0 atom stereocenters. The number of fused-ring (bicyclic) bond motifs is 24. The van der Waals surface area contributed by atoms with Crippen LogP contribution < -0.4 is 14.7 Å². The highest BCUT2D eigenvalue weighted by molar-refractivity contribution is 6.40. The summed E-state index contributed by atoms with van der Waals surface area (Å²) in [4.78, 5) is 7.09. The van der Waals surface area contributed by atoms with E-state index in [0.717, 1.165) is 90.1 Å². The van der Waals surface area contributed by atoms with Gasteiger partial charge in [0.1, 0.15) is 0 Å². The molecule has 0 fully saturated rings. The summed E-state index contributed by atoms with van der Waals surface area (Å²) >= 11 is 0. The predicted molar refractivity (Wildman–Crippen MR) is 528 cm³/mol. The molecule has 24 aromatic carbocycles. The molecular weight excluding hydrogens is 1480 g/mol. The molecule has 0 radical (unpaired) electrons. The summed E-state index contributed by atoms with van der Waals surface area (Å²) in [7, 11) is 0. The van der Waals surface area contributed by atoms with Gasteiger partial charge in [0, 0.05) is 51.2 Å². The number of benzene rings is 24. The third-order valence-electron chi connectivity index (χ3n) is 25.7. The average molecular weight is 1560 g/mol. The molecule has 0 bridgehead atoms. The second-order valence-electron chi connectivity index (χ2n) is 32.5. The molecule has 0 aliphatic carbocycles. The molecule has 0 aliphatic heterocycles. The Morgan fingerprint density at radius 1 is 0.106 bits per heavy atom. The van der Waals surface area contributed by atoms with E-state index in [2.05, 4.69) is 482 Å². The summed E-state index contributed by atoms with van der Waals surface area (Å²) in [6.07, 6.45) is 0. The van der Waals surface area contributed by atoms with Crippen molar-refractivity contribution in [1.82, 2.24) is 0 Å². The van der Waals surface area contributed by atoms with E-state index in [1.165, 1.54) is 146 Å². The van der Waals surface area contributed by atoms with Crippen LogP contribution in [0.1, 0.15) is 0 Å². The second-order valence-corrected chi connectivity index (χ2v) is 32.5. The van der Waals surface area contributed by atoms with Gasteiger partial charge in [-0.1, -0.05) is 328 Å². The van der Waals surface area contributed by atoms with Gasteiger partial charge in [0.25, 0.3) is 0 Å². The SMILES string of the molecule is c1ccc(N(c2ccccc2)c2ccc(-c3cc4c5ccccc5c5ccccc5c4c4cc(-c5ccc6c(c5)c5cc(-c7ccc(N(c8ccccc8)c8cccc(-c9cccc(N(c%10ccccc%10)c%10ccc(-c%11ccc%12c(ccc%13c%14ccccc%14ccc%12%13)c%11)cc%10)c9)c8)cc7)ccc5c5c7ccccc7c7ccccc7c65)ccc34)cc2)cc1. The zero-order chi connectivity index (χ0) is 81.0. The maximum atomic E-state index is 2.49. The van der Waals surface area contributed by atoms with Crippen LogP contribution in [0.2, 0.25) is 0 Å². The number of nitrogens with zero attached hydrogens (tertiary/aromatic N) is 3. The summed E-state index contributed by atoms with van der Waals surface area (Å²) in [5.41, 5.74) is 21.3. The minimum Gasteiger partial charge on any atom is -0.311 e. The highest BCUT2D eigenvalue weighted by Crippen LogP contribution is 2.51. The fraction of sp³-hybridized carbons (Fsp3) is 0. The van der Waals surface area contributed by atoms with E-state index in [-0.39, 0.29) is 0 Å². The van der Waals surface area contributed by atoms with Crippen LogP contribution in [-0.4, -0.2) is 0 Å². The van der Waals surface area contributed by atoms with Gasteiger partial charge in [0.15, 0.2) is 0 Å². The first-order chi connectivity index (χ1) is 61.0. The molecule has 123 heavy (non-hydrogen) atoms. The van der Waals surface area contributed by atoms with Crippen LogP contribution in [0.3, 0.4) is 0 Å². The van der Waals surface area contributed by atoms with E-state index >= 15 is 0 Å². The van der Waals surface area contributed by atoms with E-state index in [1.54, 1.807) is 0 Å². The van der Waals surface area contributed by atoms with Crippen molar-refractivity contribution in [2.24, 2.45) is 0 Å². The first-order valence-electron chi connectivity index (χ1n) is 42.5. The molecule has 0 unspecified atom stereocenters. The number of para-hydroxylation sites is 4. The van der Waals surface area contributed by atoms with Gasteiger partial charge < -0.3 is 14.7 Å². The van der Waals surface area contributed by atoms with Crippen molar-refractivity contribution in [3.8, 4) is 55.6 Å². The van der Waals surface area contributed by atoms with Crippen LogP contribution in [0.15, 0.2) is 467 Å². The quantitative estimate of drug-likeness (QED) is 0.100. The summed E-state index contributed by atoms with van der Waals surface area (Å²) in [5.74, 6) is 0. The Balaban J connectivity index is 0.603. The fourth-order valence-corrected chi connectivity index (χ4v) is 20.0. The van der Waals surface area contributed by atoms with Crippen LogP contribution in [0.5, 0.6) is 0 Å². The maximum Gasteiger partial charge on any atom is 0.0467 e. The van der Waals surface area contributed by atoms with Crippen molar-refractivity contribution in [2.45, 2.75) is 0 Å². The Labute approximate surface area is 713 Å². The lowest BCUT2D eigenvalue weighted by molar-refractivity contribution is 1.28. The molecule has 0 saturated heterocycles. The molecular formula is C120H77N3. The largest absolute Gasteiger partial charge is 0.311 e. The van der Waals surface area contributed by atoms with Crippen molar-refractivity contribution in [3.63, 3.8) is 0 Å². The molecule has 0 aliphatic rings. The normalized spacial score (nSPS) is 11.7. The van der Waals surface area contributed by atoms with Crippen LogP contribution in [0, 0.1) is 0 Å². The Morgan fingerprint density at radius 3 is 0.821 bits per heavy atom. The summed E-state index contributed by atoms with van der Waals surface area (Å²) in [5, 5.41) is 30.0. The second kappa shape index (κ2) is 29.4. The Hall–Kier alpha value is -16.2. The first-order valence-corrected chi connectivity index (χ1v) is 42.5. The van der Waals surface area contributed by atoms with Gasteiger partial charge in [-0.3, -0.25) is 0 Å². The van der Waals surface area contributed by atoms with Gasteiger partial charge >= 0.3 is 0 Å². The predicted octanol–water partition coefficient (Wildman–Crippen LogP) is 34.3. The summed E-state index contributed by atoms with van der Waals surface area (Å²) < 4.78 is 0. The van der Waals surface area contributed by atoms with Crippen LogP contribution in [0.25, 0.3) is 185 Å². The van der Waals surface area contributed by atoms with E-state index in [9.17, 15) is 0 Å². The zero-order valence-electron chi connectivity index (χ0n) is 67.3. The smallest absolute Gasteiger partial charge is 0.0467 e. The number of anilines is 9. The monoisotopic (exact) mass is 1560 g/mol. The van der Waals surface area contributed by atoms with Crippen molar-refractivity contribution < 1.29 is 0 Å². The molecule has 0 N–H and O–H groups in total. The van der Waals surface area contributed by atoms with Crippen molar-refractivity contribution in [1.29, 1.82) is 0 Å². The summed E-state index contributed by atoms with van der Waals surface area (Å²) in [6, 6.07) is 173. The molecule has 0 heterocycles. The Morgan fingerprint density at radius 2 is 0.366 bits per heavy atom. The third-order valence-corrected chi connectivity index (χ3v) is 25.7. The van der Waals surface area contributed by atoms with Crippen LogP contribution in [0.4, 0.5) is 51.2 Å². The van der Waals surface area contributed by atoms with Crippen molar-refractivity contribution in [2.75, 3.05) is 14.7 Å². The lowest BCUT2D eigenvalue weighted by Gasteiger charge is -2.27. The number of hydrogen-bond acceptors (Lipinski definition) is 3. The van der Waals surface area contributed by atoms with Crippen LogP contribution in [-0.2, 0) is 0 Å². The minimum absolute atomic E-state index is 1.06. The maximum absolute atomic E-state index is 2.49. The standard InChI is InChI=1S/C120H77N3/c1-5-28-89(29-6-1)121(90-30-7-2-8-31-90)93-63-51-81(52-64-93)113-77-117-104-43-16-15-39-100(104)101-40-17-20-44-108(101)118(117)116-76-87(55-67-107(113)116)86-57-70-112-115(75-86)114-74-85(56-69-111(114)119-109-45-21-18-41-102(109)103-42-19-22-46-110(103)120(112)119)79-49-61-95(62-50-79)123(92-34-11-4-12-35-92)97-37-24-27-83(73-97)82-26-23-36-96(72-82)122(91-32-9-3-10-33-91)94-59-47-78(48-60-94)84-54-65-99-88(71-84)58-68-105-98-38-14-13-25-80(98)53-66-106(99)105/h1-77H. The van der Waals surface area contributed by atoms with E-state index in [1.807, 2.05) is 0 Å². The third kappa shape index (κ3) is 12.1. The molecule has 3 heteroatoms. The van der Waals surface area contributed by atoms with E-state index < -0.39 is 0 Å². The van der Waals surface area contributed by atoms with Gasteiger partial charge in [-0.2, -0.15) is 0 Å². The van der Waals surface area contributed by atoms with Gasteiger partial charge in [0.05, 0.1) is 0 Å². The summed E-state index contributed by atoms with van der Waals surface area (Å²) in [6.45, 7) is 0. The van der Waals surface area contributed by atoms with Gasteiger partial charge in [-0.15, -0.1) is 0 Å². The first kappa shape index (κ1) is 71.0. The topological polar surface area (TPSA) is 9.72 Å². The van der Waals surface area contributed by atoms with E-state index in [4.69, 9.17) is 0 Å². The van der Waals surface area contributed by atoms with Crippen molar-refractivity contribution in [3.05, 3.63) is 467 Å². The fourth-order valence-electron chi connectivity index (χ4n) is 20.0. The number of hydrogen-bond donors (Lipinski definition) is 0. The highest BCUT2D eigenvalue weighted by atomic mass is 15.2. The van der Waals surface area contributed by atoms with Crippen molar-refractivity contribution >= 4 is 180 Å². The molecule has 24 aromatic rings. The molecule has 572 valence electrons. The molecule has 0 aromatic heterocycles. The number of rotatable bonds is 14. The van der Waals surface area contributed by atoms with Gasteiger partial charge in [0.2, 0.25) is 0 Å². The molecule has 0 spiro atoms. The van der Waals surface area contributed by atoms with E-state index in [0.29, 0.717) is 0 Å². The molecule has 3 nitrogen and oxygen atoms in total. The highest BCUT2D eigenvalue weighted by Gasteiger charge is 2.24. The molecule has 0 amide bonds. The van der Waals surface area contributed by atoms with Crippen LogP contribution >= 0.6 is 0 Å². The molecule has 0 saturated carbocycles.